The van der Waals surface area contributed by atoms with Crippen molar-refractivity contribution in [1.82, 2.24) is 0 Å². The maximum absolute atomic E-state index is 12.1. The topological polar surface area (TPSA) is 57.6 Å². The van der Waals surface area contributed by atoms with Crippen LogP contribution in [0.25, 0.3) is 0 Å². The third-order valence-electron chi connectivity index (χ3n) is 3.19. The second-order valence-corrected chi connectivity index (χ2v) is 4.57. The fourth-order valence-electron chi connectivity index (χ4n) is 2.24. The Labute approximate surface area is 112 Å². The summed E-state index contributed by atoms with van der Waals surface area (Å²) < 4.78 is 36.4. The number of alkyl halides is 3. The highest BCUT2D eigenvalue weighted by Crippen LogP contribution is 2.37. The molecule has 0 bridgehead atoms. The van der Waals surface area contributed by atoms with Crippen molar-refractivity contribution in [3.05, 3.63) is 29.8 Å². The van der Waals surface area contributed by atoms with E-state index in [0.29, 0.717) is 11.3 Å². The summed E-state index contributed by atoms with van der Waals surface area (Å²) in [5, 5.41) is 9.10. The Morgan fingerprint density at radius 2 is 1.95 bits per heavy atom. The Bertz CT molecular complexity index is 542. The summed E-state index contributed by atoms with van der Waals surface area (Å²) in [5.41, 5.74) is 0.840. The molecule has 0 saturated heterocycles. The molecule has 1 aromatic rings. The van der Waals surface area contributed by atoms with E-state index in [1.807, 2.05) is 0 Å². The van der Waals surface area contributed by atoms with Crippen molar-refractivity contribution in [3.63, 3.8) is 0 Å². The second kappa shape index (κ2) is 5.15. The highest BCUT2D eigenvalue weighted by Gasteiger charge is 2.37. The smallest absolute Gasteiger partial charge is 0.389 e. The number of fused-ring (bicyclic) bond motifs is 1. The van der Waals surface area contributed by atoms with Crippen molar-refractivity contribution in [1.29, 1.82) is 0 Å². The quantitative estimate of drug-likeness (QED) is 0.929. The molecule has 1 aliphatic rings. The third kappa shape index (κ3) is 2.92. The van der Waals surface area contributed by atoms with E-state index in [2.05, 4.69) is 0 Å². The number of rotatable bonds is 3. The second-order valence-electron chi connectivity index (χ2n) is 4.57. The van der Waals surface area contributed by atoms with Gasteiger partial charge in [-0.3, -0.25) is 9.59 Å². The molecule has 1 aromatic carbocycles. The summed E-state index contributed by atoms with van der Waals surface area (Å²) in [5.74, 6) is -2.69. The van der Waals surface area contributed by atoms with Crippen LogP contribution in [0.1, 0.15) is 24.3 Å². The average Bonchev–Trinajstić information content (AvgIpc) is 2.75. The van der Waals surface area contributed by atoms with E-state index in [9.17, 15) is 22.8 Å². The molecule has 0 aliphatic carbocycles. The molecule has 0 saturated carbocycles. The lowest BCUT2D eigenvalue weighted by Crippen LogP contribution is -2.32. The Balaban J connectivity index is 2.18. The van der Waals surface area contributed by atoms with E-state index in [1.165, 1.54) is 0 Å². The van der Waals surface area contributed by atoms with Crippen LogP contribution in [0.2, 0.25) is 0 Å². The monoisotopic (exact) mass is 287 g/mol. The number of aliphatic carboxylic acids is 1. The minimum absolute atomic E-state index is 0.120. The highest BCUT2D eigenvalue weighted by molar-refractivity contribution is 5.98. The van der Waals surface area contributed by atoms with Gasteiger partial charge in [-0.05, 0) is 11.6 Å². The van der Waals surface area contributed by atoms with Gasteiger partial charge in [0.1, 0.15) is 5.92 Å². The molecule has 1 amide bonds. The van der Waals surface area contributed by atoms with Gasteiger partial charge in [0.15, 0.2) is 0 Å². The zero-order valence-electron chi connectivity index (χ0n) is 10.4. The molecule has 7 heteroatoms. The van der Waals surface area contributed by atoms with Crippen LogP contribution in [-0.4, -0.2) is 29.7 Å². The predicted molar refractivity (Wildman–Crippen MR) is 64.5 cm³/mol. The Kier molecular flexibility index (Phi) is 3.69. The molecule has 20 heavy (non-hydrogen) atoms. The fraction of sp³-hybridized carbons (Fsp3) is 0.385. The van der Waals surface area contributed by atoms with Gasteiger partial charge < -0.3 is 10.0 Å². The zero-order valence-corrected chi connectivity index (χ0v) is 10.4. The molecule has 1 unspecified atom stereocenters. The van der Waals surface area contributed by atoms with Crippen molar-refractivity contribution >= 4 is 17.6 Å². The minimum atomic E-state index is -4.40. The Morgan fingerprint density at radius 3 is 2.55 bits per heavy atom. The van der Waals surface area contributed by atoms with Gasteiger partial charge in [0.25, 0.3) is 0 Å². The van der Waals surface area contributed by atoms with Crippen molar-refractivity contribution < 1.29 is 27.9 Å². The Hall–Kier alpha value is -2.05. The minimum Gasteiger partial charge on any atom is -0.481 e. The summed E-state index contributed by atoms with van der Waals surface area (Å²) >= 11 is 0. The van der Waals surface area contributed by atoms with E-state index in [4.69, 9.17) is 5.11 Å². The van der Waals surface area contributed by atoms with Crippen LogP contribution in [-0.2, 0) is 9.59 Å². The largest absolute Gasteiger partial charge is 0.481 e. The van der Waals surface area contributed by atoms with Crippen LogP contribution in [0, 0.1) is 0 Å². The molecule has 0 radical (unpaired) electrons. The number of halogens is 3. The standard InChI is InChI=1S/C13H12F3NO3/c14-13(15,16)6-5-11(18)17-7-9(12(19)20)8-3-1-2-4-10(8)17/h1-4,9H,5-7H2,(H,19,20). The van der Waals surface area contributed by atoms with Crippen molar-refractivity contribution in [3.8, 4) is 0 Å². The summed E-state index contributed by atoms with van der Waals surface area (Å²) in [4.78, 5) is 24.1. The van der Waals surface area contributed by atoms with Gasteiger partial charge in [-0.15, -0.1) is 0 Å². The zero-order chi connectivity index (χ0) is 14.9. The molecular formula is C13H12F3NO3. The summed E-state index contributed by atoms with van der Waals surface area (Å²) in [6.07, 6.45) is -6.28. The maximum atomic E-state index is 12.1. The third-order valence-corrected chi connectivity index (χ3v) is 3.19. The molecule has 0 spiro atoms. The van der Waals surface area contributed by atoms with Crippen molar-refractivity contribution in [2.24, 2.45) is 0 Å². The molecule has 0 aromatic heterocycles. The lowest BCUT2D eigenvalue weighted by atomic mass is 10.0. The van der Waals surface area contributed by atoms with E-state index in [-0.39, 0.29) is 6.54 Å². The van der Waals surface area contributed by atoms with Crippen molar-refractivity contribution in [2.75, 3.05) is 11.4 Å². The molecule has 1 aliphatic heterocycles. The number of para-hydroxylation sites is 1. The number of hydrogen-bond donors (Lipinski definition) is 1. The molecule has 4 nitrogen and oxygen atoms in total. The maximum Gasteiger partial charge on any atom is 0.389 e. The number of carbonyl (C=O) groups is 2. The number of carboxylic acid groups (broad SMARTS) is 1. The summed E-state index contributed by atoms with van der Waals surface area (Å²) in [6, 6.07) is 6.38. The van der Waals surface area contributed by atoms with Crippen LogP contribution >= 0.6 is 0 Å². The number of benzene rings is 1. The van der Waals surface area contributed by atoms with Crippen LogP contribution in [0.5, 0.6) is 0 Å². The highest BCUT2D eigenvalue weighted by atomic mass is 19.4. The van der Waals surface area contributed by atoms with Crippen LogP contribution in [0.15, 0.2) is 24.3 Å². The SMILES string of the molecule is O=C(O)C1CN(C(=O)CCC(F)(F)F)c2ccccc21. The van der Waals surface area contributed by atoms with Crippen LogP contribution in [0.4, 0.5) is 18.9 Å². The average molecular weight is 287 g/mol. The van der Waals surface area contributed by atoms with Gasteiger partial charge in [0.05, 0.1) is 6.42 Å². The molecule has 0 fully saturated rings. The number of anilines is 1. The number of carboxylic acids is 1. The fourth-order valence-corrected chi connectivity index (χ4v) is 2.24. The molecule has 1 heterocycles. The first-order valence-corrected chi connectivity index (χ1v) is 5.98. The van der Waals surface area contributed by atoms with Gasteiger partial charge in [0, 0.05) is 18.7 Å². The summed E-state index contributed by atoms with van der Waals surface area (Å²) in [6.45, 7) is -0.120. The Morgan fingerprint density at radius 1 is 1.30 bits per heavy atom. The molecule has 1 atom stereocenters. The van der Waals surface area contributed by atoms with E-state index >= 15 is 0 Å². The van der Waals surface area contributed by atoms with Gasteiger partial charge in [-0.1, -0.05) is 18.2 Å². The van der Waals surface area contributed by atoms with E-state index in [0.717, 1.165) is 4.90 Å². The van der Waals surface area contributed by atoms with Gasteiger partial charge in [-0.2, -0.15) is 13.2 Å². The van der Waals surface area contributed by atoms with Crippen LogP contribution < -0.4 is 4.90 Å². The number of hydrogen-bond acceptors (Lipinski definition) is 2. The number of carbonyl (C=O) groups excluding carboxylic acids is 1. The van der Waals surface area contributed by atoms with Gasteiger partial charge in [-0.25, -0.2) is 0 Å². The van der Waals surface area contributed by atoms with Crippen molar-refractivity contribution in [2.45, 2.75) is 24.9 Å². The van der Waals surface area contributed by atoms with Gasteiger partial charge in [0.2, 0.25) is 5.91 Å². The summed E-state index contributed by atoms with van der Waals surface area (Å²) in [7, 11) is 0. The lowest BCUT2D eigenvalue weighted by molar-refractivity contribution is -0.143. The first-order valence-electron chi connectivity index (χ1n) is 5.98. The molecule has 108 valence electrons. The lowest BCUT2D eigenvalue weighted by Gasteiger charge is -2.18. The van der Waals surface area contributed by atoms with Gasteiger partial charge >= 0.3 is 12.1 Å². The molecular weight excluding hydrogens is 275 g/mol. The molecule has 1 N–H and O–H groups in total. The number of amides is 1. The van der Waals surface area contributed by atoms with E-state index < -0.39 is 36.8 Å². The predicted octanol–water partition coefficient (Wildman–Crippen LogP) is 2.54. The normalized spacial score (nSPS) is 17.9. The van der Waals surface area contributed by atoms with E-state index in [1.54, 1.807) is 24.3 Å². The first kappa shape index (κ1) is 14.4. The van der Waals surface area contributed by atoms with Crippen LogP contribution in [0.3, 0.4) is 0 Å². The first-order chi connectivity index (χ1) is 9.29. The molecule has 2 rings (SSSR count). The number of nitrogens with zero attached hydrogens (tertiary/aromatic N) is 1.